The van der Waals surface area contributed by atoms with E-state index in [1.54, 1.807) is 6.07 Å². The van der Waals surface area contributed by atoms with Gasteiger partial charge in [-0.05, 0) is 53.4 Å². The Balaban J connectivity index is 2.04. The highest BCUT2D eigenvalue weighted by atomic mass is 79.9. The molecule has 1 aliphatic rings. The molecule has 1 aliphatic carbocycles. The average Bonchev–Trinajstić information content (AvgIpc) is 2.35. The molecule has 0 aromatic heterocycles. The van der Waals surface area contributed by atoms with Crippen LogP contribution in [-0.2, 0) is 4.79 Å². The van der Waals surface area contributed by atoms with Gasteiger partial charge in [-0.2, -0.15) is 0 Å². The molecular weight excluding hydrogens is 321 g/mol. The molecule has 1 N–H and O–H groups in total. The predicted octanol–water partition coefficient (Wildman–Crippen LogP) is 5.20. The Morgan fingerprint density at radius 2 is 1.80 bits per heavy atom. The van der Waals surface area contributed by atoms with Gasteiger partial charge in [-0.3, -0.25) is 4.79 Å². The summed E-state index contributed by atoms with van der Waals surface area (Å²) in [7, 11) is 0. The van der Waals surface area contributed by atoms with Crippen LogP contribution in [0.5, 0.6) is 0 Å². The van der Waals surface area contributed by atoms with Crippen LogP contribution in [0.4, 0.5) is 10.1 Å². The van der Waals surface area contributed by atoms with Gasteiger partial charge in [-0.1, -0.05) is 32.1 Å². The summed E-state index contributed by atoms with van der Waals surface area (Å²) in [6.45, 7) is 1.81. The third-order valence-corrected chi connectivity index (χ3v) is 4.61. The minimum atomic E-state index is -0.300. The molecule has 1 fully saturated rings. The molecule has 1 amide bonds. The largest absolute Gasteiger partial charge is 0.326 e. The summed E-state index contributed by atoms with van der Waals surface area (Å²) in [5.74, 6) is -0.126. The van der Waals surface area contributed by atoms with Crippen LogP contribution in [0, 0.1) is 18.7 Å². The van der Waals surface area contributed by atoms with E-state index in [1.807, 2.05) is 6.92 Å². The van der Waals surface area contributed by atoms with Crippen LogP contribution in [0.3, 0.4) is 0 Å². The smallest absolute Gasteiger partial charge is 0.227 e. The third kappa shape index (κ3) is 4.05. The summed E-state index contributed by atoms with van der Waals surface area (Å²) < 4.78 is 13.8. The standard InChI is InChI=1S/C16H21BrFNO/c1-11-9-14(18)13(17)10-15(11)19-16(20)12-7-5-3-2-4-6-8-12/h9-10,12H,2-8H2,1H3,(H,19,20). The summed E-state index contributed by atoms with van der Waals surface area (Å²) >= 11 is 3.16. The fourth-order valence-electron chi connectivity index (χ4n) is 2.73. The molecule has 0 spiro atoms. The lowest BCUT2D eigenvalue weighted by molar-refractivity contribution is -0.120. The number of hydrogen-bond donors (Lipinski definition) is 1. The summed E-state index contributed by atoms with van der Waals surface area (Å²) in [4.78, 5) is 12.4. The molecule has 0 bridgehead atoms. The molecule has 1 aromatic rings. The van der Waals surface area contributed by atoms with Gasteiger partial charge in [0.2, 0.25) is 5.91 Å². The molecule has 0 saturated heterocycles. The van der Waals surface area contributed by atoms with Crippen molar-refractivity contribution in [3.8, 4) is 0 Å². The van der Waals surface area contributed by atoms with E-state index in [0.29, 0.717) is 10.2 Å². The van der Waals surface area contributed by atoms with Crippen LogP contribution in [0.2, 0.25) is 0 Å². The van der Waals surface area contributed by atoms with Gasteiger partial charge >= 0.3 is 0 Å². The van der Waals surface area contributed by atoms with E-state index < -0.39 is 0 Å². The minimum Gasteiger partial charge on any atom is -0.326 e. The van der Waals surface area contributed by atoms with Crippen LogP contribution in [0.15, 0.2) is 16.6 Å². The SMILES string of the molecule is Cc1cc(F)c(Br)cc1NC(=O)C1CCCCCCC1. The highest BCUT2D eigenvalue weighted by Gasteiger charge is 2.20. The molecule has 4 heteroatoms. The first-order valence-corrected chi connectivity index (χ1v) is 8.13. The maximum atomic E-state index is 13.4. The normalized spacial score (nSPS) is 17.4. The Bertz CT molecular complexity index is 482. The van der Waals surface area contributed by atoms with Crippen molar-refractivity contribution in [2.45, 2.75) is 51.9 Å². The summed E-state index contributed by atoms with van der Waals surface area (Å²) in [6, 6.07) is 3.09. The number of nitrogens with one attached hydrogen (secondary N) is 1. The zero-order chi connectivity index (χ0) is 14.5. The Hall–Kier alpha value is -0.900. The first-order valence-electron chi connectivity index (χ1n) is 7.34. The molecular formula is C16H21BrFNO. The molecule has 2 nitrogen and oxygen atoms in total. The lowest BCUT2D eigenvalue weighted by atomic mass is 9.90. The van der Waals surface area contributed by atoms with Gasteiger partial charge < -0.3 is 5.32 Å². The number of halogens is 2. The highest BCUT2D eigenvalue weighted by molar-refractivity contribution is 9.10. The predicted molar refractivity (Wildman–Crippen MR) is 83.3 cm³/mol. The molecule has 20 heavy (non-hydrogen) atoms. The van der Waals surface area contributed by atoms with Gasteiger partial charge in [0, 0.05) is 11.6 Å². The van der Waals surface area contributed by atoms with Gasteiger partial charge in [0.15, 0.2) is 0 Å². The molecule has 0 heterocycles. The Kier molecular flexibility index (Phi) is 5.58. The van der Waals surface area contributed by atoms with Crippen molar-refractivity contribution in [2.24, 2.45) is 5.92 Å². The average molecular weight is 342 g/mol. The number of aryl methyl sites for hydroxylation is 1. The van der Waals surface area contributed by atoms with Crippen molar-refractivity contribution < 1.29 is 9.18 Å². The molecule has 0 atom stereocenters. The van der Waals surface area contributed by atoms with Crippen LogP contribution in [0.25, 0.3) is 0 Å². The van der Waals surface area contributed by atoms with Gasteiger partial charge in [0.05, 0.1) is 4.47 Å². The molecule has 0 unspecified atom stereocenters. The quantitative estimate of drug-likeness (QED) is 0.787. The van der Waals surface area contributed by atoms with E-state index in [4.69, 9.17) is 0 Å². The maximum absolute atomic E-state index is 13.4. The topological polar surface area (TPSA) is 29.1 Å². The van der Waals surface area contributed by atoms with Crippen molar-refractivity contribution in [3.63, 3.8) is 0 Å². The lowest BCUT2D eigenvalue weighted by Gasteiger charge is -2.20. The minimum absolute atomic E-state index is 0.0773. The fraction of sp³-hybridized carbons (Fsp3) is 0.562. The van der Waals surface area contributed by atoms with Gasteiger partial charge in [-0.15, -0.1) is 0 Å². The van der Waals surface area contributed by atoms with Crippen LogP contribution >= 0.6 is 15.9 Å². The summed E-state index contributed by atoms with van der Waals surface area (Å²) in [5.41, 5.74) is 1.45. The van der Waals surface area contributed by atoms with Crippen LogP contribution in [-0.4, -0.2) is 5.91 Å². The Morgan fingerprint density at radius 1 is 1.20 bits per heavy atom. The maximum Gasteiger partial charge on any atom is 0.227 e. The van der Waals surface area contributed by atoms with Crippen molar-refractivity contribution in [1.82, 2.24) is 0 Å². The van der Waals surface area contributed by atoms with Crippen LogP contribution in [0.1, 0.15) is 50.5 Å². The molecule has 0 radical (unpaired) electrons. The van der Waals surface area contributed by atoms with Crippen molar-refractivity contribution >= 4 is 27.5 Å². The molecule has 0 aliphatic heterocycles. The van der Waals surface area contributed by atoms with E-state index in [1.165, 1.54) is 25.3 Å². The molecule has 1 aromatic carbocycles. The van der Waals surface area contributed by atoms with Crippen molar-refractivity contribution in [3.05, 3.63) is 28.0 Å². The second-order valence-corrected chi connectivity index (χ2v) is 6.47. The van der Waals surface area contributed by atoms with Gasteiger partial charge in [-0.25, -0.2) is 4.39 Å². The van der Waals surface area contributed by atoms with E-state index in [0.717, 1.165) is 31.2 Å². The Labute approximate surface area is 128 Å². The highest BCUT2D eigenvalue weighted by Crippen LogP contribution is 2.27. The zero-order valence-corrected chi connectivity index (χ0v) is 13.4. The first kappa shape index (κ1) is 15.5. The fourth-order valence-corrected chi connectivity index (χ4v) is 3.08. The monoisotopic (exact) mass is 341 g/mol. The summed E-state index contributed by atoms with van der Waals surface area (Å²) in [5, 5.41) is 2.96. The number of amides is 1. The lowest BCUT2D eigenvalue weighted by Crippen LogP contribution is -2.24. The summed E-state index contributed by atoms with van der Waals surface area (Å²) in [6.07, 6.45) is 7.93. The first-order chi connectivity index (χ1) is 9.58. The number of carbonyl (C=O) groups is 1. The van der Waals surface area contributed by atoms with Gasteiger partial charge in [0.25, 0.3) is 0 Å². The molecule has 2 rings (SSSR count). The second-order valence-electron chi connectivity index (χ2n) is 5.61. The van der Waals surface area contributed by atoms with Gasteiger partial charge in [0.1, 0.15) is 5.82 Å². The number of anilines is 1. The number of hydrogen-bond acceptors (Lipinski definition) is 1. The zero-order valence-electron chi connectivity index (χ0n) is 11.8. The van der Waals surface area contributed by atoms with E-state index in [9.17, 15) is 9.18 Å². The van der Waals surface area contributed by atoms with Crippen molar-refractivity contribution in [1.29, 1.82) is 0 Å². The molecule has 1 saturated carbocycles. The third-order valence-electron chi connectivity index (χ3n) is 4.00. The molecule has 110 valence electrons. The number of rotatable bonds is 2. The van der Waals surface area contributed by atoms with Crippen molar-refractivity contribution in [2.75, 3.05) is 5.32 Å². The number of carbonyl (C=O) groups excluding carboxylic acids is 1. The van der Waals surface area contributed by atoms with E-state index in [2.05, 4.69) is 21.2 Å². The second kappa shape index (κ2) is 7.21. The van der Waals surface area contributed by atoms with Crippen LogP contribution < -0.4 is 5.32 Å². The van der Waals surface area contributed by atoms with E-state index in [-0.39, 0.29) is 17.6 Å². The Morgan fingerprint density at radius 3 is 2.45 bits per heavy atom. The number of benzene rings is 1. The van der Waals surface area contributed by atoms with E-state index >= 15 is 0 Å².